The maximum Gasteiger partial charge on any atom is 0.185 e. The van der Waals surface area contributed by atoms with E-state index in [1.165, 1.54) is 17.7 Å². The average Bonchev–Trinajstić information content (AvgIpc) is 2.45. The molecule has 0 bridgehead atoms. The Morgan fingerprint density at radius 3 is 2.05 bits per heavy atom. The Balaban J connectivity index is 2.10. The first-order valence-electron chi connectivity index (χ1n) is 6.98. The van der Waals surface area contributed by atoms with E-state index in [-0.39, 0.29) is 16.9 Å². The zero-order chi connectivity index (χ0) is 15.5. The summed E-state index contributed by atoms with van der Waals surface area (Å²) in [4.78, 5) is 12.0. The summed E-state index contributed by atoms with van der Waals surface area (Å²) in [7, 11) is 0. The molecule has 108 valence electrons. The molecule has 1 N–H and O–H groups in total. The van der Waals surface area contributed by atoms with Crippen LogP contribution in [0.2, 0.25) is 0 Å². The first-order chi connectivity index (χ1) is 9.86. The standard InChI is InChI=1S/C19H20O2/c1-19(2,3)16-9-4-14(5-10-16)6-13-18(21)15-7-11-17(20)12-8-15/h4-13,20H,1-3H3/b13-6+. The summed E-state index contributed by atoms with van der Waals surface area (Å²) in [5.41, 5.74) is 2.96. The van der Waals surface area contributed by atoms with Gasteiger partial charge in [0.15, 0.2) is 5.78 Å². The van der Waals surface area contributed by atoms with Crippen LogP contribution in [0.4, 0.5) is 0 Å². The van der Waals surface area contributed by atoms with Crippen molar-refractivity contribution >= 4 is 11.9 Å². The van der Waals surface area contributed by atoms with Crippen LogP contribution in [-0.4, -0.2) is 10.9 Å². The second-order valence-electron chi connectivity index (χ2n) is 6.12. The fourth-order valence-corrected chi connectivity index (χ4v) is 1.99. The molecule has 0 unspecified atom stereocenters. The van der Waals surface area contributed by atoms with Crippen LogP contribution in [-0.2, 0) is 5.41 Å². The van der Waals surface area contributed by atoms with Crippen LogP contribution in [0.1, 0.15) is 42.3 Å². The van der Waals surface area contributed by atoms with Gasteiger partial charge in [0.1, 0.15) is 5.75 Å². The molecule has 0 aliphatic rings. The van der Waals surface area contributed by atoms with Crippen molar-refractivity contribution in [2.24, 2.45) is 0 Å². The zero-order valence-electron chi connectivity index (χ0n) is 12.6. The van der Waals surface area contributed by atoms with E-state index < -0.39 is 0 Å². The summed E-state index contributed by atoms with van der Waals surface area (Å²) >= 11 is 0. The van der Waals surface area contributed by atoms with Gasteiger partial charge in [0.25, 0.3) is 0 Å². The van der Waals surface area contributed by atoms with Crippen molar-refractivity contribution in [2.45, 2.75) is 26.2 Å². The fraction of sp³-hybridized carbons (Fsp3) is 0.211. The molecule has 0 fully saturated rings. The molecule has 0 aliphatic carbocycles. The molecule has 0 saturated heterocycles. The van der Waals surface area contributed by atoms with E-state index in [2.05, 4.69) is 32.9 Å². The molecule has 0 radical (unpaired) electrons. The minimum Gasteiger partial charge on any atom is -0.508 e. The monoisotopic (exact) mass is 280 g/mol. The first kappa shape index (κ1) is 15.0. The number of phenolic OH excluding ortho intramolecular Hbond substituents is 1. The van der Waals surface area contributed by atoms with Crippen LogP contribution >= 0.6 is 0 Å². The number of phenols is 1. The molecule has 2 nitrogen and oxygen atoms in total. The molecule has 2 heteroatoms. The van der Waals surface area contributed by atoms with Gasteiger partial charge in [0, 0.05) is 5.56 Å². The molecule has 0 aliphatic heterocycles. The van der Waals surface area contributed by atoms with E-state index >= 15 is 0 Å². The van der Waals surface area contributed by atoms with Crippen molar-refractivity contribution in [3.8, 4) is 5.75 Å². The SMILES string of the molecule is CC(C)(C)c1ccc(/C=C/C(=O)c2ccc(O)cc2)cc1. The Morgan fingerprint density at radius 1 is 0.952 bits per heavy atom. The number of aromatic hydroxyl groups is 1. The van der Waals surface area contributed by atoms with Crippen molar-refractivity contribution in [2.75, 3.05) is 0 Å². The maximum atomic E-state index is 12.0. The maximum absolute atomic E-state index is 12.0. The minimum absolute atomic E-state index is 0.0742. The molecule has 0 atom stereocenters. The van der Waals surface area contributed by atoms with Gasteiger partial charge in [-0.25, -0.2) is 0 Å². The van der Waals surface area contributed by atoms with Gasteiger partial charge in [-0.05, 0) is 46.9 Å². The summed E-state index contributed by atoms with van der Waals surface area (Å²) in [5, 5.41) is 9.21. The van der Waals surface area contributed by atoms with Crippen LogP contribution in [0.5, 0.6) is 5.75 Å². The lowest BCUT2D eigenvalue weighted by atomic mass is 9.87. The van der Waals surface area contributed by atoms with Gasteiger partial charge in [0.2, 0.25) is 0 Å². The summed E-state index contributed by atoms with van der Waals surface area (Å²) in [6.07, 6.45) is 3.36. The predicted octanol–water partition coefficient (Wildman–Crippen LogP) is 4.59. The van der Waals surface area contributed by atoms with Gasteiger partial charge in [-0.3, -0.25) is 4.79 Å². The van der Waals surface area contributed by atoms with Gasteiger partial charge < -0.3 is 5.11 Å². The highest BCUT2D eigenvalue weighted by molar-refractivity contribution is 6.06. The third-order valence-electron chi connectivity index (χ3n) is 3.36. The van der Waals surface area contributed by atoms with Crippen molar-refractivity contribution in [1.82, 2.24) is 0 Å². The highest BCUT2D eigenvalue weighted by Crippen LogP contribution is 2.22. The Morgan fingerprint density at radius 2 is 1.52 bits per heavy atom. The number of rotatable bonds is 3. The van der Waals surface area contributed by atoms with Gasteiger partial charge in [-0.1, -0.05) is 51.1 Å². The zero-order valence-corrected chi connectivity index (χ0v) is 12.6. The molecule has 0 heterocycles. The summed E-state index contributed by atoms with van der Waals surface area (Å²) in [6.45, 7) is 6.52. The number of carbonyl (C=O) groups is 1. The van der Waals surface area contributed by atoms with Crippen LogP contribution in [0.25, 0.3) is 6.08 Å². The summed E-state index contributed by atoms with van der Waals surface area (Å²) < 4.78 is 0. The van der Waals surface area contributed by atoms with E-state index in [1.807, 2.05) is 18.2 Å². The molecular weight excluding hydrogens is 260 g/mol. The van der Waals surface area contributed by atoms with E-state index in [1.54, 1.807) is 18.2 Å². The summed E-state index contributed by atoms with van der Waals surface area (Å²) in [6, 6.07) is 14.5. The minimum atomic E-state index is -0.0742. The second-order valence-corrected chi connectivity index (χ2v) is 6.12. The largest absolute Gasteiger partial charge is 0.508 e. The summed E-state index contributed by atoms with van der Waals surface area (Å²) in [5.74, 6) is 0.0863. The lowest BCUT2D eigenvalue weighted by molar-refractivity contribution is 0.104. The molecule has 2 rings (SSSR count). The molecule has 2 aromatic rings. The topological polar surface area (TPSA) is 37.3 Å². The van der Waals surface area contributed by atoms with E-state index in [9.17, 15) is 9.90 Å². The van der Waals surface area contributed by atoms with E-state index in [0.29, 0.717) is 5.56 Å². The van der Waals surface area contributed by atoms with Crippen molar-refractivity contribution < 1.29 is 9.90 Å². The average molecular weight is 280 g/mol. The van der Waals surface area contributed by atoms with Gasteiger partial charge >= 0.3 is 0 Å². The van der Waals surface area contributed by atoms with Crippen molar-refractivity contribution in [3.63, 3.8) is 0 Å². The Hall–Kier alpha value is -2.35. The lowest BCUT2D eigenvalue weighted by Crippen LogP contribution is -2.10. The van der Waals surface area contributed by atoms with E-state index in [4.69, 9.17) is 0 Å². The molecule has 0 amide bonds. The van der Waals surface area contributed by atoms with Crippen molar-refractivity contribution in [3.05, 3.63) is 71.3 Å². The van der Waals surface area contributed by atoms with Gasteiger partial charge in [-0.15, -0.1) is 0 Å². The molecule has 21 heavy (non-hydrogen) atoms. The normalized spacial score (nSPS) is 11.8. The predicted molar refractivity (Wildman–Crippen MR) is 86.6 cm³/mol. The number of allylic oxidation sites excluding steroid dienone is 1. The van der Waals surface area contributed by atoms with Crippen LogP contribution in [0.15, 0.2) is 54.6 Å². The van der Waals surface area contributed by atoms with Crippen LogP contribution < -0.4 is 0 Å². The number of ketones is 1. The number of hydrogen-bond donors (Lipinski definition) is 1. The highest BCUT2D eigenvalue weighted by atomic mass is 16.3. The molecule has 0 spiro atoms. The Kier molecular flexibility index (Phi) is 4.27. The van der Waals surface area contributed by atoms with Crippen LogP contribution in [0, 0.1) is 0 Å². The second kappa shape index (κ2) is 5.96. The van der Waals surface area contributed by atoms with Crippen LogP contribution in [0.3, 0.4) is 0 Å². The Labute approximate surface area is 125 Å². The fourth-order valence-electron chi connectivity index (χ4n) is 1.99. The van der Waals surface area contributed by atoms with Crippen molar-refractivity contribution in [1.29, 1.82) is 0 Å². The smallest absolute Gasteiger partial charge is 0.185 e. The highest BCUT2D eigenvalue weighted by Gasteiger charge is 2.12. The number of carbonyl (C=O) groups excluding carboxylic acids is 1. The van der Waals surface area contributed by atoms with E-state index in [0.717, 1.165) is 5.56 Å². The molecule has 0 aromatic heterocycles. The third-order valence-corrected chi connectivity index (χ3v) is 3.36. The van der Waals surface area contributed by atoms with Gasteiger partial charge in [-0.2, -0.15) is 0 Å². The van der Waals surface area contributed by atoms with Gasteiger partial charge in [0.05, 0.1) is 0 Å². The Bertz CT molecular complexity index is 641. The molecular formula is C19H20O2. The lowest BCUT2D eigenvalue weighted by Gasteiger charge is -2.18. The third kappa shape index (κ3) is 4.06. The number of hydrogen-bond acceptors (Lipinski definition) is 2. The molecule has 0 saturated carbocycles. The first-order valence-corrected chi connectivity index (χ1v) is 6.98. The number of benzene rings is 2. The quantitative estimate of drug-likeness (QED) is 0.659. The molecule has 2 aromatic carbocycles.